The number of hydrogen-bond donors (Lipinski definition) is 2. The lowest BCUT2D eigenvalue weighted by atomic mass is 10.1. The summed E-state index contributed by atoms with van der Waals surface area (Å²) in [5.74, 6) is 5.34. The molecule has 2 aromatic rings. The normalized spacial score (nSPS) is 13.3. The van der Waals surface area contributed by atoms with E-state index in [1.807, 2.05) is 6.07 Å². The zero-order chi connectivity index (χ0) is 10.8. The lowest BCUT2D eigenvalue weighted by Crippen LogP contribution is -2.08. The van der Waals surface area contributed by atoms with Crippen LogP contribution in [0, 0.1) is 0 Å². The summed E-state index contributed by atoms with van der Waals surface area (Å²) in [6, 6.07) is 8.29. The molecule has 4 heteroatoms. The molecule has 0 amide bonds. The van der Waals surface area contributed by atoms with Crippen molar-refractivity contribution < 1.29 is 4.84 Å². The molecule has 0 bridgehead atoms. The molecule has 1 aromatic heterocycles. The Morgan fingerprint density at radius 1 is 1.47 bits per heavy atom. The molecule has 0 saturated carbocycles. The second kappa shape index (κ2) is 4.35. The highest BCUT2D eigenvalue weighted by Gasteiger charge is 2.08. The summed E-state index contributed by atoms with van der Waals surface area (Å²) < 4.78 is 1.09. The second-order valence-corrected chi connectivity index (χ2v) is 4.61. The van der Waals surface area contributed by atoms with Gasteiger partial charge in [-0.25, -0.2) is 5.90 Å². The van der Waals surface area contributed by atoms with Crippen LogP contribution in [-0.2, 0) is 4.84 Å². The minimum Gasteiger partial charge on any atom is -0.358 e. The first-order valence-electron chi connectivity index (χ1n) is 4.80. The standard InChI is InChI=1S/C11H13BrN2O/c1-7(6-15-13)11-5-8-4-9(12)2-3-10(8)14-11/h2-5,7,14H,6,13H2,1H3. The van der Waals surface area contributed by atoms with Gasteiger partial charge in [0.2, 0.25) is 0 Å². The first-order valence-corrected chi connectivity index (χ1v) is 5.60. The fraction of sp³-hybridized carbons (Fsp3) is 0.273. The van der Waals surface area contributed by atoms with Gasteiger partial charge in [-0.15, -0.1) is 0 Å². The number of fused-ring (bicyclic) bond motifs is 1. The van der Waals surface area contributed by atoms with Gasteiger partial charge in [0.15, 0.2) is 0 Å². The van der Waals surface area contributed by atoms with Gasteiger partial charge in [-0.3, -0.25) is 0 Å². The van der Waals surface area contributed by atoms with Crippen molar-refractivity contribution in [1.82, 2.24) is 4.98 Å². The Balaban J connectivity index is 2.38. The molecule has 2 rings (SSSR count). The molecule has 15 heavy (non-hydrogen) atoms. The third-order valence-corrected chi connectivity index (χ3v) is 2.97. The van der Waals surface area contributed by atoms with Crippen LogP contribution in [0.25, 0.3) is 10.9 Å². The smallest absolute Gasteiger partial charge is 0.0759 e. The molecule has 1 heterocycles. The quantitative estimate of drug-likeness (QED) is 0.842. The van der Waals surface area contributed by atoms with Crippen molar-refractivity contribution in [2.45, 2.75) is 12.8 Å². The van der Waals surface area contributed by atoms with E-state index in [0.29, 0.717) is 6.61 Å². The van der Waals surface area contributed by atoms with Gasteiger partial charge in [-0.05, 0) is 24.3 Å². The summed E-state index contributed by atoms with van der Waals surface area (Å²) in [6.07, 6.45) is 0. The van der Waals surface area contributed by atoms with Gasteiger partial charge in [0.25, 0.3) is 0 Å². The van der Waals surface area contributed by atoms with E-state index >= 15 is 0 Å². The Labute approximate surface area is 96.7 Å². The highest BCUT2D eigenvalue weighted by atomic mass is 79.9. The van der Waals surface area contributed by atoms with Crippen LogP contribution >= 0.6 is 15.9 Å². The molecule has 0 aliphatic heterocycles. The maximum Gasteiger partial charge on any atom is 0.0759 e. The van der Waals surface area contributed by atoms with Crippen LogP contribution in [0.3, 0.4) is 0 Å². The number of rotatable bonds is 3. The first-order chi connectivity index (χ1) is 7.20. The number of H-pyrrole nitrogens is 1. The predicted octanol–water partition coefficient (Wildman–Crippen LogP) is 2.92. The van der Waals surface area contributed by atoms with Crippen LogP contribution in [0.15, 0.2) is 28.7 Å². The van der Waals surface area contributed by atoms with Gasteiger partial charge < -0.3 is 9.82 Å². The van der Waals surface area contributed by atoms with E-state index in [0.717, 1.165) is 15.7 Å². The Kier molecular flexibility index (Phi) is 3.09. The van der Waals surface area contributed by atoms with Gasteiger partial charge in [-0.1, -0.05) is 22.9 Å². The number of aromatic amines is 1. The molecule has 0 saturated heterocycles. The second-order valence-electron chi connectivity index (χ2n) is 3.69. The third kappa shape index (κ3) is 2.22. The Bertz CT molecular complexity index is 467. The summed E-state index contributed by atoms with van der Waals surface area (Å²) in [6.45, 7) is 2.60. The van der Waals surface area contributed by atoms with Gasteiger partial charge in [-0.2, -0.15) is 0 Å². The Hall–Kier alpha value is -0.840. The molecule has 0 aliphatic rings. The van der Waals surface area contributed by atoms with E-state index in [2.05, 4.69) is 50.9 Å². The SMILES string of the molecule is CC(CON)c1cc2cc(Br)ccc2[nH]1. The van der Waals surface area contributed by atoms with Crippen molar-refractivity contribution in [2.24, 2.45) is 5.90 Å². The Morgan fingerprint density at radius 2 is 2.27 bits per heavy atom. The van der Waals surface area contributed by atoms with E-state index in [-0.39, 0.29) is 5.92 Å². The Morgan fingerprint density at radius 3 is 3.00 bits per heavy atom. The van der Waals surface area contributed by atoms with E-state index in [9.17, 15) is 0 Å². The summed E-state index contributed by atoms with van der Waals surface area (Å²) in [7, 11) is 0. The predicted molar refractivity (Wildman–Crippen MR) is 64.6 cm³/mol. The average molecular weight is 269 g/mol. The van der Waals surface area contributed by atoms with Gasteiger partial charge in [0.1, 0.15) is 0 Å². The number of nitrogens with one attached hydrogen (secondary N) is 1. The summed E-state index contributed by atoms with van der Waals surface area (Å²) >= 11 is 3.45. The van der Waals surface area contributed by atoms with E-state index in [1.165, 1.54) is 5.39 Å². The monoisotopic (exact) mass is 268 g/mol. The topological polar surface area (TPSA) is 51.0 Å². The molecule has 80 valence electrons. The number of aromatic nitrogens is 1. The van der Waals surface area contributed by atoms with Crippen molar-refractivity contribution in [3.8, 4) is 0 Å². The summed E-state index contributed by atoms with van der Waals surface area (Å²) in [4.78, 5) is 8.00. The van der Waals surface area contributed by atoms with Crippen LogP contribution < -0.4 is 5.90 Å². The van der Waals surface area contributed by atoms with Gasteiger partial charge >= 0.3 is 0 Å². The molecule has 3 N–H and O–H groups in total. The van der Waals surface area contributed by atoms with Crippen molar-refractivity contribution in [1.29, 1.82) is 0 Å². The van der Waals surface area contributed by atoms with Gasteiger partial charge in [0, 0.05) is 27.0 Å². The molecule has 1 atom stereocenters. The number of halogens is 1. The molecule has 0 spiro atoms. The molecular weight excluding hydrogens is 256 g/mol. The summed E-state index contributed by atoms with van der Waals surface area (Å²) in [5, 5.41) is 1.20. The van der Waals surface area contributed by atoms with E-state index in [1.54, 1.807) is 0 Å². The van der Waals surface area contributed by atoms with Gasteiger partial charge in [0.05, 0.1) is 6.61 Å². The molecule has 0 aliphatic carbocycles. The molecule has 0 radical (unpaired) electrons. The lowest BCUT2D eigenvalue weighted by Gasteiger charge is -2.06. The molecule has 1 unspecified atom stereocenters. The average Bonchev–Trinajstić information content (AvgIpc) is 2.60. The highest BCUT2D eigenvalue weighted by molar-refractivity contribution is 9.10. The molecular formula is C11H13BrN2O. The maximum absolute atomic E-state index is 5.06. The molecule has 1 aromatic carbocycles. The first kappa shape index (κ1) is 10.7. The van der Waals surface area contributed by atoms with Crippen molar-refractivity contribution >= 4 is 26.8 Å². The minimum absolute atomic E-state index is 0.279. The molecule has 0 fully saturated rings. The van der Waals surface area contributed by atoms with E-state index in [4.69, 9.17) is 5.90 Å². The van der Waals surface area contributed by atoms with Crippen LogP contribution in [0.2, 0.25) is 0 Å². The van der Waals surface area contributed by atoms with Crippen LogP contribution in [-0.4, -0.2) is 11.6 Å². The third-order valence-electron chi connectivity index (χ3n) is 2.48. The van der Waals surface area contributed by atoms with Crippen molar-refractivity contribution in [2.75, 3.05) is 6.61 Å². The number of benzene rings is 1. The summed E-state index contributed by atoms with van der Waals surface area (Å²) in [5.41, 5.74) is 2.28. The fourth-order valence-electron chi connectivity index (χ4n) is 1.63. The van der Waals surface area contributed by atoms with Crippen molar-refractivity contribution in [3.05, 3.63) is 34.4 Å². The van der Waals surface area contributed by atoms with Crippen molar-refractivity contribution in [3.63, 3.8) is 0 Å². The zero-order valence-electron chi connectivity index (χ0n) is 8.46. The largest absolute Gasteiger partial charge is 0.358 e. The van der Waals surface area contributed by atoms with Crippen LogP contribution in [0.5, 0.6) is 0 Å². The minimum atomic E-state index is 0.279. The van der Waals surface area contributed by atoms with Crippen LogP contribution in [0.4, 0.5) is 0 Å². The number of hydrogen-bond acceptors (Lipinski definition) is 2. The zero-order valence-corrected chi connectivity index (χ0v) is 10.0. The highest BCUT2D eigenvalue weighted by Crippen LogP contribution is 2.24. The van der Waals surface area contributed by atoms with E-state index < -0.39 is 0 Å². The maximum atomic E-state index is 5.06. The molecule has 3 nitrogen and oxygen atoms in total. The fourth-order valence-corrected chi connectivity index (χ4v) is 2.00. The number of nitrogens with two attached hydrogens (primary N) is 1. The lowest BCUT2D eigenvalue weighted by molar-refractivity contribution is 0.126. The van der Waals surface area contributed by atoms with Crippen LogP contribution in [0.1, 0.15) is 18.5 Å².